The number of methoxy groups -OCH3 is 1. The van der Waals surface area contributed by atoms with Gasteiger partial charge in [0, 0.05) is 24.3 Å². The van der Waals surface area contributed by atoms with Crippen LogP contribution in [0, 0.1) is 17.1 Å². The fourth-order valence-corrected chi connectivity index (χ4v) is 3.38. The summed E-state index contributed by atoms with van der Waals surface area (Å²) in [6, 6.07) is 5.54. The predicted molar refractivity (Wildman–Crippen MR) is 101 cm³/mol. The van der Waals surface area contributed by atoms with Gasteiger partial charge in [-0.2, -0.15) is 18.4 Å². The van der Waals surface area contributed by atoms with Crippen molar-refractivity contribution in [3.8, 4) is 6.07 Å². The van der Waals surface area contributed by atoms with Gasteiger partial charge >= 0.3 is 12.1 Å². The maximum absolute atomic E-state index is 13.5. The van der Waals surface area contributed by atoms with Gasteiger partial charge in [0.2, 0.25) is 0 Å². The number of nitriles is 1. The van der Waals surface area contributed by atoms with E-state index in [0.717, 1.165) is 12.1 Å². The smallest absolute Gasteiger partial charge is 0.389 e. The van der Waals surface area contributed by atoms with Gasteiger partial charge in [-0.15, -0.1) is 0 Å². The lowest BCUT2D eigenvalue weighted by Gasteiger charge is -2.30. The highest BCUT2D eigenvalue weighted by Gasteiger charge is 2.37. The molecule has 1 aliphatic rings. The van der Waals surface area contributed by atoms with Crippen LogP contribution in [0.5, 0.6) is 0 Å². The van der Waals surface area contributed by atoms with Gasteiger partial charge in [-0.3, -0.25) is 0 Å². The van der Waals surface area contributed by atoms with Crippen LogP contribution in [0.25, 0.3) is 0 Å². The molecule has 0 aromatic heterocycles. The van der Waals surface area contributed by atoms with Crippen molar-refractivity contribution in [1.82, 2.24) is 5.32 Å². The molecule has 1 atom stereocenters. The lowest BCUT2D eigenvalue weighted by atomic mass is 9.81. The normalized spacial score (nSPS) is 16.9. The number of carbonyl (C=O) groups excluding carboxylic acids is 1. The Labute approximate surface area is 175 Å². The standard InChI is InChI=1S/C20H19ClF4N2O3/c1-11-14(9-26)17(13-5-4-12(22)8-15(13)21)18(16(27-11)10-29-2)19(28)30-7-3-6-20(23,24)25/h4-5,8,17,27H,3,6-7,10H2,1-2H3. The molecular weight excluding hydrogens is 428 g/mol. The monoisotopic (exact) mass is 446 g/mol. The molecular formula is C20H19ClF4N2O3. The van der Waals surface area contributed by atoms with Gasteiger partial charge < -0.3 is 14.8 Å². The minimum absolute atomic E-state index is 0.0124. The highest BCUT2D eigenvalue weighted by molar-refractivity contribution is 6.31. The second-order valence-corrected chi connectivity index (χ2v) is 6.96. The molecule has 1 unspecified atom stereocenters. The summed E-state index contributed by atoms with van der Waals surface area (Å²) in [6.07, 6.45) is -5.87. The summed E-state index contributed by atoms with van der Waals surface area (Å²) >= 11 is 6.18. The van der Waals surface area contributed by atoms with Gasteiger partial charge in [0.1, 0.15) is 5.82 Å². The number of hydrogen-bond donors (Lipinski definition) is 1. The topological polar surface area (TPSA) is 71.3 Å². The summed E-state index contributed by atoms with van der Waals surface area (Å²) in [4.78, 5) is 12.8. The average Bonchev–Trinajstić information content (AvgIpc) is 2.64. The van der Waals surface area contributed by atoms with Crippen LogP contribution in [0.4, 0.5) is 17.6 Å². The van der Waals surface area contributed by atoms with E-state index in [1.165, 1.54) is 13.2 Å². The second kappa shape index (κ2) is 9.96. The lowest BCUT2D eigenvalue weighted by Crippen LogP contribution is -2.32. The molecule has 1 aromatic carbocycles. The number of halogens is 5. The number of esters is 1. The van der Waals surface area contributed by atoms with E-state index in [1.54, 1.807) is 6.92 Å². The summed E-state index contributed by atoms with van der Waals surface area (Å²) in [5.74, 6) is -2.51. The van der Waals surface area contributed by atoms with Gasteiger partial charge in [-0.25, -0.2) is 9.18 Å². The van der Waals surface area contributed by atoms with E-state index in [9.17, 15) is 27.6 Å². The summed E-state index contributed by atoms with van der Waals surface area (Å²) in [7, 11) is 1.39. The van der Waals surface area contributed by atoms with Gasteiger partial charge in [-0.05, 0) is 31.0 Å². The van der Waals surface area contributed by atoms with Crippen LogP contribution < -0.4 is 5.32 Å². The molecule has 162 valence electrons. The summed E-state index contributed by atoms with van der Waals surface area (Å²) in [6.45, 7) is 1.10. The van der Waals surface area contributed by atoms with Gasteiger partial charge in [0.05, 0.1) is 42.0 Å². The minimum Gasteiger partial charge on any atom is -0.462 e. The minimum atomic E-state index is -4.36. The maximum atomic E-state index is 13.5. The van der Waals surface area contributed by atoms with E-state index >= 15 is 0 Å². The second-order valence-electron chi connectivity index (χ2n) is 6.55. The highest BCUT2D eigenvalue weighted by Crippen LogP contribution is 2.41. The van der Waals surface area contributed by atoms with Crippen LogP contribution in [0.2, 0.25) is 5.02 Å². The molecule has 1 heterocycles. The Morgan fingerprint density at radius 3 is 2.63 bits per heavy atom. The number of allylic oxidation sites excluding steroid dienone is 2. The third-order valence-electron chi connectivity index (χ3n) is 4.39. The lowest BCUT2D eigenvalue weighted by molar-refractivity contribution is -0.147. The highest BCUT2D eigenvalue weighted by atomic mass is 35.5. The molecule has 0 saturated carbocycles. The number of carbonyl (C=O) groups is 1. The molecule has 0 amide bonds. The van der Waals surface area contributed by atoms with Crippen LogP contribution in [0.3, 0.4) is 0 Å². The predicted octanol–water partition coefficient (Wildman–Crippen LogP) is 4.75. The number of benzene rings is 1. The third kappa shape index (κ3) is 5.74. The molecule has 0 fully saturated rings. The van der Waals surface area contributed by atoms with Crippen molar-refractivity contribution in [3.63, 3.8) is 0 Å². The first-order valence-electron chi connectivity index (χ1n) is 8.87. The number of ether oxygens (including phenoxy) is 2. The largest absolute Gasteiger partial charge is 0.462 e. The van der Waals surface area contributed by atoms with Crippen LogP contribution in [-0.2, 0) is 14.3 Å². The number of rotatable bonds is 7. The van der Waals surface area contributed by atoms with Crippen molar-refractivity contribution >= 4 is 17.6 Å². The Bertz CT molecular complexity index is 920. The van der Waals surface area contributed by atoms with E-state index in [0.29, 0.717) is 5.70 Å². The summed E-state index contributed by atoms with van der Waals surface area (Å²) in [5.41, 5.74) is 1.11. The van der Waals surface area contributed by atoms with E-state index in [2.05, 4.69) is 5.32 Å². The van der Waals surface area contributed by atoms with Crippen molar-refractivity contribution in [2.24, 2.45) is 0 Å². The Hall–Kier alpha value is -2.57. The Morgan fingerprint density at radius 1 is 1.37 bits per heavy atom. The molecule has 0 spiro atoms. The van der Waals surface area contributed by atoms with Gasteiger partial charge in [-0.1, -0.05) is 17.7 Å². The van der Waals surface area contributed by atoms with Crippen LogP contribution in [-0.4, -0.2) is 32.5 Å². The zero-order valence-corrected chi connectivity index (χ0v) is 17.0. The molecule has 30 heavy (non-hydrogen) atoms. The fraction of sp³-hybridized carbons (Fsp3) is 0.400. The summed E-state index contributed by atoms with van der Waals surface area (Å²) in [5, 5.41) is 12.6. The number of nitrogens with zero attached hydrogens (tertiary/aromatic N) is 1. The Balaban J connectivity index is 2.45. The van der Waals surface area contributed by atoms with E-state index < -0.39 is 43.3 Å². The number of alkyl halides is 3. The van der Waals surface area contributed by atoms with Gasteiger partial charge in [0.25, 0.3) is 0 Å². The van der Waals surface area contributed by atoms with Crippen LogP contribution in [0.15, 0.2) is 40.7 Å². The number of hydrogen-bond acceptors (Lipinski definition) is 5. The fourth-order valence-electron chi connectivity index (χ4n) is 3.11. The zero-order valence-electron chi connectivity index (χ0n) is 16.2. The first-order chi connectivity index (χ1) is 14.1. The number of dihydropyridines is 1. The molecule has 5 nitrogen and oxygen atoms in total. The Kier molecular flexibility index (Phi) is 7.87. The molecule has 1 N–H and O–H groups in total. The SMILES string of the molecule is COCC1=C(C(=O)OCCCC(F)(F)F)C(c2ccc(F)cc2Cl)C(C#N)=C(C)N1. The average molecular weight is 447 g/mol. The van der Waals surface area contributed by atoms with E-state index in [4.69, 9.17) is 21.1 Å². The first-order valence-corrected chi connectivity index (χ1v) is 9.25. The number of nitrogens with one attached hydrogen (secondary N) is 1. The maximum Gasteiger partial charge on any atom is 0.389 e. The molecule has 2 rings (SSSR count). The molecule has 0 radical (unpaired) electrons. The van der Waals surface area contributed by atoms with Crippen molar-refractivity contribution in [3.05, 3.63) is 57.1 Å². The molecule has 10 heteroatoms. The molecule has 1 aromatic rings. The molecule has 0 saturated heterocycles. The quantitative estimate of drug-likeness (QED) is 0.372. The van der Waals surface area contributed by atoms with Crippen molar-refractivity contribution in [1.29, 1.82) is 5.26 Å². The van der Waals surface area contributed by atoms with E-state index in [-0.39, 0.29) is 34.0 Å². The van der Waals surface area contributed by atoms with Crippen LogP contribution in [0.1, 0.15) is 31.2 Å². The van der Waals surface area contributed by atoms with Crippen molar-refractivity contribution < 1.29 is 31.8 Å². The molecule has 1 aliphatic heterocycles. The Morgan fingerprint density at radius 2 is 2.07 bits per heavy atom. The zero-order chi connectivity index (χ0) is 22.5. The summed E-state index contributed by atoms with van der Waals surface area (Å²) < 4.78 is 60.7. The van der Waals surface area contributed by atoms with E-state index in [1.807, 2.05) is 6.07 Å². The van der Waals surface area contributed by atoms with Gasteiger partial charge in [0.15, 0.2) is 0 Å². The molecule has 0 bridgehead atoms. The third-order valence-corrected chi connectivity index (χ3v) is 4.71. The van der Waals surface area contributed by atoms with Crippen molar-refractivity contribution in [2.45, 2.75) is 31.9 Å². The molecule has 0 aliphatic carbocycles. The first kappa shape index (κ1) is 23.7. The van der Waals surface area contributed by atoms with Crippen molar-refractivity contribution in [2.75, 3.05) is 20.3 Å². The van der Waals surface area contributed by atoms with Crippen LogP contribution >= 0.6 is 11.6 Å².